The molecule has 1 unspecified atom stereocenters. The summed E-state index contributed by atoms with van der Waals surface area (Å²) in [4.78, 5) is 0. The molecule has 0 aromatic rings. The normalized spacial score (nSPS) is 15.5. The van der Waals surface area contributed by atoms with Gasteiger partial charge in [-0.3, -0.25) is 0 Å². The molecule has 0 saturated heterocycles. The highest BCUT2D eigenvalue weighted by atomic mass is 32.1. The van der Waals surface area contributed by atoms with Gasteiger partial charge in [0.2, 0.25) is 0 Å². The summed E-state index contributed by atoms with van der Waals surface area (Å²) >= 11 is 4.44. The van der Waals surface area contributed by atoms with E-state index in [4.69, 9.17) is 0 Å². The zero-order valence-electron chi connectivity index (χ0n) is 7.56. The van der Waals surface area contributed by atoms with Crippen molar-refractivity contribution < 1.29 is 0 Å². The predicted octanol–water partition coefficient (Wildman–Crippen LogP) is 3.61. The van der Waals surface area contributed by atoms with E-state index >= 15 is 0 Å². The standard InChI is InChI=1S/C10H18S/c1-5-9(3)7-8-10(4,11)6-2/h6,11H,2-3,5,7-8H2,1,4H3. The molecule has 0 amide bonds. The van der Waals surface area contributed by atoms with Crippen LogP contribution >= 0.6 is 12.6 Å². The Morgan fingerprint density at radius 3 is 2.55 bits per heavy atom. The third-order valence-electron chi connectivity index (χ3n) is 1.92. The maximum Gasteiger partial charge on any atom is 0.0281 e. The SMILES string of the molecule is C=CC(C)(S)CCC(=C)CC. The summed E-state index contributed by atoms with van der Waals surface area (Å²) in [5.74, 6) is 0. The number of allylic oxidation sites excluding steroid dienone is 1. The van der Waals surface area contributed by atoms with Crippen molar-refractivity contribution in [2.24, 2.45) is 0 Å². The van der Waals surface area contributed by atoms with E-state index in [0.29, 0.717) is 0 Å². The van der Waals surface area contributed by atoms with Crippen molar-refractivity contribution in [3.63, 3.8) is 0 Å². The first-order valence-electron chi connectivity index (χ1n) is 4.04. The smallest absolute Gasteiger partial charge is 0.0281 e. The van der Waals surface area contributed by atoms with E-state index in [-0.39, 0.29) is 4.75 Å². The summed E-state index contributed by atoms with van der Waals surface area (Å²) in [6.07, 6.45) is 5.05. The molecule has 0 aliphatic heterocycles. The van der Waals surface area contributed by atoms with Gasteiger partial charge >= 0.3 is 0 Å². The quantitative estimate of drug-likeness (QED) is 0.473. The minimum absolute atomic E-state index is 0.0297. The van der Waals surface area contributed by atoms with Gasteiger partial charge in [-0.15, -0.1) is 6.58 Å². The molecular formula is C10H18S. The van der Waals surface area contributed by atoms with Crippen LogP contribution in [0.25, 0.3) is 0 Å². The Kier molecular flexibility index (Phi) is 4.58. The van der Waals surface area contributed by atoms with Crippen LogP contribution in [0.3, 0.4) is 0 Å². The van der Waals surface area contributed by atoms with Crippen molar-refractivity contribution in [3.8, 4) is 0 Å². The lowest BCUT2D eigenvalue weighted by molar-refractivity contribution is 0.689. The number of hydrogen-bond acceptors (Lipinski definition) is 1. The van der Waals surface area contributed by atoms with E-state index in [1.54, 1.807) is 0 Å². The van der Waals surface area contributed by atoms with E-state index in [9.17, 15) is 0 Å². The maximum atomic E-state index is 4.44. The van der Waals surface area contributed by atoms with Gasteiger partial charge in [-0.25, -0.2) is 0 Å². The van der Waals surface area contributed by atoms with Gasteiger partial charge in [-0.1, -0.05) is 25.2 Å². The highest BCUT2D eigenvalue weighted by molar-refractivity contribution is 7.82. The van der Waals surface area contributed by atoms with Crippen molar-refractivity contribution in [2.45, 2.75) is 37.9 Å². The molecule has 64 valence electrons. The Bertz CT molecular complexity index is 145. The van der Waals surface area contributed by atoms with Crippen molar-refractivity contribution in [1.29, 1.82) is 0 Å². The molecule has 0 heterocycles. The molecule has 0 aromatic heterocycles. The van der Waals surface area contributed by atoms with Crippen LogP contribution in [0.2, 0.25) is 0 Å². The molecule has 0 aliphatic rings. The fourth-order valence-corrected chi connectivity index (χ4v) is 0.820. The molecular weight excluding hydrogens is 152 g/mol. The lowest BCUT2D eigenvalue weighted by Crippen LogP contribution is -2.11. The van der Waals surface area contributed by atoms with Crippen molar-refractivity contribution in [2.75, 3.05) is 0 Å². The highest BCUT2D eigenvalue weighted by Gasteiger charge is 2.13. The third-order valence-corrected chi connectivity index (χ3v) is 2.33. The van der Waals surface area contributed by atoms with Crippen molar-refractivity contribution >= 4 is 12.6 Å². The molecule has 0 bridgehead atoms. The van der Waals surface area contributed by atoms with Gasteiger partial charge in [0.15, 0.2) is 0 Å². The number of rotatable bonds is 5. The van der Waals surface area contributed by atoms with Gasteiger partial charge in [0.25, 0.3) is 0 Å². The molecule has 0 fully saturated rings. The summed E-state index contributed by atoms with van der Waals surface area (Å²) in [5.41, 5.74) is 1.30. The molecule has 0 spiro atoms. The van der Waals surface area contributed by atoms with E-state index in [0.717, 1.165) is 19.3 Å². The Balaban J connectivity index is 3.69. The molecule has 0 aliphatic carbocycles. The second-order valence-electron chi connectivity index (χ2n) is 3.16. The van der Waals surface area contributed by atoms with Crippen LogP contribution in [0.5, 0.6) is 0 Å². The maximum absolute atomic E-state index is 4.44. The fraction of sp³-hybridized carbons (Fsp3) is 0.600. The zero-order valence-corrected chi connectivity index (χ0v) is 8.45. The third kappa shape index (κ3) is 5.14. The molecule has 1 heteroatoms. The molecule has 0 radical (unpaired) electrons. The van der Waals surface area contributed by atoms with Gasteiger partial charge in [-0.2, -0.15) is 12.6 Å². The largest absolute Gasteiger partial charge is 0.169 e. The molecule has 0 nitrogen and oxygen atoms in total. The van der Waals surface area contributed by atoms with Gasteiger partial charge in [0, 0.05) is 4.75 Å². The minimum atomic E-state index is -0.0297. The van der Waals surface area contributed by atoms with Crippen LogP contribution in [0.1, 0.15) is 33.1 Å². The Hall–Kier alpha value is -0.170. The second kappa shape index (κ2) is 4.66. The topological polar surface area (TPSA) is 0 Å². The van der Waals surface area contributed by atoms with Gasteiger partial charge in [0.05, 0.1) is 0 Å². The summed E-state index contributed by atoms with van der Waals surface area (Å²) in [5, 5.41) is 0. The summed E-state index contributed by atoms with van der Waals surface area (Å²) in [6.45, 7) is 11.9. The van der Waals surface area contributed by atoms with Crippen LogP contribution in [0, 0.1) is 0 Å². The molecule has 0 saturated carbocycles. The predicted molar refractivity (Wildman–Crippen MR) is 56.3 cm³/mol. The Morgan fingerprint density at radius 1 is 1.64 bits per heavy atom. The van der Waals surface area contributed by atoms with Gasteiger partial charge < -0.3 is 0 Å². The first-order valence-corrected chi connectivity index (χ1v) is 4.49. The van der Waals surface area contributed by atoms with Crippen LogP contribution < -0.4 is 0 Å². The van der Waals surface area contributed by atoms with Gasteiger partial charge in [0.1, 0.15) is 0 Å². The van der Waals surface area contributed by atoms with E-state index in [2.05, 4.69) is 39.6 Å². The van der Waals surface area contributed by atoms with Crippen molar-refractivity contribution in [1.82, 2.24) is 0 Å². The van der Waals surface area contributed by atoms with Crippen LogP contribution in [-0.4, -0.2) is 4.75 Å². The lowest BCUT2D eigenvalue weighted by Gasteiger charge is -2.18. The molecule has 0 N–H and O–H groups in total. The van der Waals surface area contributed by atoms with E-state index in [1.165, 1.54) is 5.57 Å². The zero-order chi connectivity index (χ0) is 8.91. The summed E-state index contributed by atoms with van der Waals surface area (Å²) in [6, 6.07) is 0. The minimum Gasteiger partial charge on any atom is -0.169 e. The Morgan fingerprint density at radius 2 is 2.18 bits per heavy atom. The first kappa shape index (κ1) is 10.8. The van der Waals surface area contributed by atoms with Crippen molar-refractivity contribution in [3.05, 3.63) is 24.8 Å². The molecule has 11 heavy (non-hydrogen) atoms. The van der Waals surface area contributed by atoms with E-state index < -0.39 is 0 Å². The lowest BCUT2D eigenvalue weighted by atomic mass is 10.0. The van der Waals surface area contributed by atoms with Crippen LogP contribution in [0.15, 0.2) is 24.8 Å². The molecule has 0 rings (SSSR count). The van der Waals surface area contributed by atoms with Crippen LogP contribution in [0.4, 0.5) is 0 Å². The van der Waals surface area contributed by atoms with Gasteiger partial charge in [-0.05, 0) is 26.2 Å². The number of thiol groups is 1. The average Bonchev–Trinajstić information content (AvgIpc) is 2.00. The fourth-order valence-electron chi connectivity index (χ4n) is 0.709. The average molecular weight is 170 g/mol. The number of hydrogen-bond donors (Lipinski definition) is 1. The van der Waals surface area contributed by atoms with E-state index in [1.807, 2.05) is 6.08 Å². The Labute approximate surface area is 75.8 Å². The monoisotopic (exact) mass is 170 g/mol. The molecule has 0 aromatic carbocycles. The summed E-state index contributed by atoms with van der Waals surface area (Å²) in [7, 11) is 0. The van der Waals surface area contributed by atoms with Crippen LogP contribution in [-0.2, 0) is 0 Å². The molecule has 1 atom stereocenters. The first-order chi connectivity index (χ1) is 5.02. The second-order valence-corrected chi connectivity index (χ2v) is 4.19. The highest BCUT2D eigenvalue weighted by Crippen LogP contribution is 2.23. The summed E-state index contributed by atoms with van der Waals surface area (Å²) < 4.78 is -0.0297.